The summed E-state index contributed by atoms with van der Waals surface area (Å²) in [5, 5.41) is 8.11. The molecule has 6 nitrogen and oxygen atoms in total. The van der Waals surface area contributed by atoms with E-state index in [1.165, 1.54) is 17.8 Å². The molecule has 0 radical (unpaired) electrons. The van der Waals surface area contributed by atoms with Gasteiger partial charge >= 0.3 is 6.03 Å². The number of amides is 3. The van der Waals surface area contributed by atoms with Gasteiger partial charge in [-0.1, -0.05) is 0 Å². The third-order valence-corrected chi connectivity index (χ3v) is 4.47. The van der Waals surface area contributed by atoms with Crippen molar-refractivity contribution in [3.63, 3.8) is 0 Å². The maximum absolute atomic E-state index is 12.4. The normalized spacial score (nSPS) is 19.9. The van der Waals surface area contributed by atoms with Crippen LogP contribution in [0.15, 0.2) is 11.6 Å². The topological polar surface area (TPSA) is 74.3 Å². The molecule has 0 aromatic carbocycles. The van der Waals surface area contributed by atoms with Gasteiger partial charge in [0, 0.05) is 24.2 Å². The van der Waals surface area contributed by atoms with Crippen LogP contribution in [0.5, 0.6) is 0 Å². The van der Waals surface area contributed by atoms with Gasteiger partial charge in [0.2, 0.25) is 5.91 Å². The fourth-order valence-electron chi connectivity index (χ4n) is 2.48. The summed E-state index contributed by atoms with van der Waals surface area (Å²) in [5.74, 6) is -0.00778. The predicted molar refractivity (Wildman–Crippen MR) is 82.0 cm³/mol. The van der Waals surface area contributed by atoms with Crippen LogP contribution in [-0.4, -0.2) is 40.5 Å². The Kier molecular flexibility index (Phi) is 5.55. The van der Waals surface area contributed by atoms with Crippen molar-refractivity contribution >= 4 is 23.3 Å². The van der Waals surface area contributed by atoms with E-state index in [0.717, 1.165) is 24.4 Å². The van der Waals surface area contributed by atoms with Crippen molar-refractivity contribution in [1.82, 2.24) is 20.5 Å². The molecule has 21 heavy (non-hydrogen) atoms. The molecule has 2 rings (SSSR count). The number of hydrogen-bond donors (Lipinski definition) is 2. The second-order valence-electron chi connectivity index (χ2n) is 5.35. The third-order valence-electron chi connectivity index (χ3n) is 3.69. The van der Waals surface area contributed by atoms with Crippen LogP contribution in [0.4, 0.5) is 4.79 Å². The Morgan fingerprint density at radius 2 is 2.33 bits per heavy atom. The highest BCUT2D eigenvalue weighted by Gasteiger charge is 2.27. The smallest absolute Gasteiger partial charge is 0.315 e. The van der Waals surface area contributed by atoms with Crippen LogP contribution < -0.4 is 10.6 Å². The first kappa shape index (κ1) is 15.8. The Labute approximate surface area is 128 Å². The second kappa shape index (κ2) is 7.40. The highest BCUT2D eigenvalue weighted by atomic mass is 32.1. The van der Waals surface area contributed by atoms with Crippen molar-refractivity contribution in [3.8, 4) is 0 Å². The Morgan fingerprint density at radius 1 is 1.52 bits per heavy atom. The zero-order valence-corrected chi connectivity index (χ0v) is 13.3. The number of thiazole rings is 1. The van der Waals surface area contributed by atoms with Gasteiger partial charge in [0.1, 0.15) is 11.0 Å². The summed E-state index contributed by atoms with van der Waals surface area (Å²) >= 11 is 1.48. The number of urea groups is 1. The van der Waals surface area contributed by atoms with Gasteiger partial charge in [0.15, 0.2) is 0 Å². The van der Waals surface area contributed by atoms with Crippen LogP contribution in [-0.2, 0) is 11.3 Å². The first-order chi connectivity index (χ1) is 10.1. The van der Waals surface area contributed by atoms with Gasteiger partial charge in [-0.3, -0.25) is 4.79 Å². The van der Waals surface area contributed by atoms with Gasteiger partial charge in [-0.25, -0.2) is 9.78 Å². The zero-order chi connectivity index (χ0) is 15.2. The van der Waals surface area contributed by atoms with E-state index in [1.807, 2.05) is 10.3 Å². The fourth-order valence-corrected chi connectivity index (χ4v) is 3.04. The van der Waals surface area contributed by atoms with Crippen molar-refractivity contribution in [2.45, 2.75) is 51.7 Å². The van der Waals surface area contributed by atoms with E-state index in [-0.39, 0.29) is 18.0 Å². The molecule has 0 unspecified atom stereocenters. The average molecular weight is 310 g/mol. The van der Waals surface area contributed by atoms with Crippen molar-refractivity contribution in [2.24, 2.45) is 0 Å². The molecule has 0 saturated carbocycles. The number of nitrogens with zero attached hydrogens (tertiary/aromatic N) is 2. The highest BCUT2D eigenvalue weighted by Crippen LogP contribution is 2.17. The lowest BCUT2D eigenvalue weighted by Crippen LogP contribution is -2.53. The van der Waals surface area contributed by atoms with E-state index in [2.05, 4.69) is 22.5 Å². The fraction of sp³-hybridized carbons (Fsp3) is 0.643. The molecule has 1 aliphatic rings. The van der Waals surface area contributed by atoms with Crippen LogP contribution >= 0.6 is 11.3 Å². The molecule has 3 amide bonds. The largest absolute Gasteiger partial charge is 0.338 e. The molecule has 2 N–H and O–H groups in total. The minimum Gasteiger partial charge on any atom is -0.338 e. The first-order valence-corrected chi connectivity index (χ1v) is 8.19. The van der Waals surface area contributed by atoms with E-state index in [1.54, 1.807) is 13.1 Å². The summed E-state index contributed by atoms with van der Waals surface area (Å²) < 4.78 is 0. The number of hydrogen-bond acceptors (Lipinski definition) is 4. The lowest BCUT2D eigenvalue weighted by molar-refractivity contribution is -0.136. The molecule has 116 valence electrons. The Morgan fingerprint density at radius 3 is 3.00 bits per heavy atom. The van der Waals surface area contributed by atoms with Gasteiger partial charge in [0.05, 0.1) is 6.54 Å². The third kappa shape index (κ3) is 4.42. The van der Waals surface area contributed by atoms with E-state index in [0.29, 0.717) is 6.54 Å². The molecule has 1 aromatic heterocycles. The van der Waals surface area contributed by atoms with Crippen LogP contribution in [0.2, 0.25) is 0 Å². The minimum atomic E-state index is -0.512. The molecule has 2 atom stereocenters. The van der Waals surface area contributed by atoms with Crippen molar-refractivity contribution in [1.29, 1.82) is 0 Å². The number of carbonyl (C=O) groups excluding carboxylic acids is 2. The standard InChI is InChI=1S/C14H22N4O2S/c1-10-5-3-4-7-18(10)13(19)11(2)17-14(20)16-9-12-15-6-8-21-12/h6,8,10-11H,3-5,7,9H2,1-2H3,(H2,16,17,20)/t10-,11+/m1/s1. The van der Waals surface area contributed by atoms with E-state index < -0.39 is 6.04 Å². The van der Waals surface area contributed by atoms with Gasteiger partial charge in [-0.05, 0) is 33.1 Å². The summed E-state index contributed by atoms with van der Waals surface area (Å²) in [7, 11) is 0. The maximum atomic E-state index is 12.4. The van der Waals surface area contributed by atoms with Crippen molar-refractivity contribution in [3.05, 3.63) is 16.6 Å². The average Bonchev–Trinajstić information content (AvgIpc) is 2.98. The molecule has 1 saturated heterocycles. The molecule has 2 heterocycles. The lowest BCUT2D eigenvalue weighted by atomic mass is 10.0. The monoisotopic (exact) mass is 310 g/mol. The number of piperidine rings is 1. The molecule has 0 aliphatic carbocycles. The van der Waals surface area contributed by atoms with Crippen LogP contribution in [0.3, 0.4) is 0 Å². The lowest BCUT2D eigenvalue weighted by Gasteiger charge is -2.35. The van der Waals surface area contributed by atoms with Gasteiger partial charge in [-0.15, -0.1) is 11.3 Å². The quantitative estimate of drug-likeness (QED) is 0.889. The molecule has 1 aliphatic heterocycles. The van der Waals surface area contributed by atoms with E-state index >= 15 is 0 Å². The molecule has 1 fully saturated rings. The van der Waals surface area contributed by atoms with Gasteiger partial charge in [0.25, 0.3) is 0 Å². The molecular formula is C14H22N4O2S. The minimum absolute atomic E-state index is 0.00778. The number of likely N-dealkylation sites (tertiary alicyclic amines) is 1. The Hall–Kier alpha value is -1.63. The second-order valence-corrected chi connectivity index (χ2v) is 6.33. The number of nitrogens with one attached hydrogen (secondary N) is 2. The number of rotatable bonds is 4. The van der Waals surface area contributed by atoms with Crippen LogP contribution in [0.25, 0.3) is 0 Å². The molecule has 0 spiro atoms. The first-order valence-electron chi connectivity index (χ1n) is 7.31. The van der Waals surface area contributed by atoms with E-state index in [9.17, 15) is 9.59 Å². The van der Waals surface area contributed by atoms with Gasteiger partial charge in [-0.2, -0.15) is 0 Å². The van der Waals surface area contributed by atoms with Crippen molar-refractivity contribution in [2.75, 3.05) is 6.54 Å². The number of carbonyl (C=O) groups is 2. The molecule has 0 bridgehead atoms. The van der Waals surface area contributed by atoms with Gasteiger partial charge < -0.3 is 15.5 Å². The molecule has 7 heteroatoms. The summed E-state index contributed by atoms with van der Waals surface area (Å²) in [6.07, 6.45) is 4.94. The zero-order valence-electron chi connectivity index (χ0n) is 12.5. The number of aromatic nitrogens is 1. The molecule has 1 aromatic rings. The summed E-state index contributed by atoms with van der Waals surface area (Å²) in [4.78, 5) is 30.1. The summed E-state index contributed by atoms with van der Waals surface area (Å²) in [6, 6.07) is -0.591. The van der Waals surface area contributed by atoms with Crippen molar-refractivity contribution < 1.29 is 9.59 Å². The Bertz CT molecular complexity index is 477. The predicted octanol–water partition coefficient (Wildman–Crippen LogP) is 1.73. The summed E-state index contributed by atoms with van der Waals surface area (Å²) in [6.45, 7) is 4.95. The molecular weight excluding hydrogens is 288 g/mol. The summed E-state index contributed by atoms with van der Waals surface area (Å²) in [5.41, 5.74) is 0. The van der Waals surface area contributed by atoms with E-state index in [4.69, 9.17) is 0 Å². The highest BCUT2D eigenvalue weighted by molar-refractivity contribution is 7.09. The van der Waals surface area contributed by atoms with Crippen LogP contribution in [0.1, 0.15) is 38.1 Å². The maximum Gasteiger partial charge on any atom is 0.315 e. The van der Waals surface area contributed by atoms with Crippen LogP contribution in [0, 0.1) is 0 Å². The SMILES string of the molecule is C[C@H](NC(=O)NCc1nccs1)C(=O)N1CCCC[C@H]1C. The Balaban J connectivity index is 1.78.